The standard InChI is InChI=1S/C19H15NO4/c1-2-23-18(21)16(13-20)11-14-7-6-10-17(12-14)24-19(22)15-8-4-3-5-9-15/h3-12H,2H2,1H3. The van der Waals surface area contributed by atoms with E-state index in [0.29, 0.717) is 16.9 Å². The zero-order chi connectivity index (χ0) is 17.4. The Bertz CT molecular complexity index is 804. The van der Waals surface area contributed by atoms with Gasteiger partial charge in [0.05, 0.1) is 12.2 Å². The predicted octanol–water partition coefficient (Wildman–Crippen LogP) is 3.38. The number of nitriles is 1. The molecule has 2 aromatic carbocycles. The molecule has 0 N–H and O–H groups in total. The number of esters is 2. The minimum absolute atomic E-state index is 0.122. The van der Waals surface area contributed by atoms with Crippen LogP contribution in [-0.4, -0.2) is 18.5 Å². The van der Waals surface area contributed by atoms with E-state index in [1.54, 1.807) is 67.6 Å². The van der Waals surface area contributed by atoms with Crippen LogP contribution in [0, 0.1) is 11.3 Å². The number of nitrogens with zero attached hydrogens (tertiary/aromatic N) is 1. The molecular formula is C19H15NO4. The summed E-state index contributed by atoms with van der Waals surface area (Å²) < 4.78 is 10.1. The highest BCUT2D eigenvalue weighted by Gasteiger charge is 2.11. The molecule has 0 amide bonds. The fourth-order valence-corrected chi connectivity index (χ4v) is 1.92. The summed E-state index contributed by atoms with van der Waals surface area (Å²) in [7, 11) is 0. The summed E-state index contributed by atoms with van der Waals surface area (Å²) in [5.74, 6) is -0.854. The highest BCUT2D eigenvalue weighted by Crippen LogP contribution is 2.18. The van der Waals surface area contributed by atoms with Crippen LogP contribution < -0.4 is 4.74 Å². The maximum absolute atomic E-state index is 12.0. The van der Waals surface area contributed by atoms with Gasteiger partial charge in [0.1, 0.15) is 17.4 Å². The Kier molecular flexibility index (Phi) is 5.87. The van der Waals surface area contributed by atoms with Crippen molar-refractivity contribution in [2.45, 2.75) is 6.92 Å². The van der Waals surface area contributed by atoms with E-state index in [1.165, 1.54) is 6.08 Å². The van der Waals surface area contributed by atoms with Crippen LogP contribution in [0.2, 0.25) is 0 Å². The van der Waals surface area contributed by atoms with Crippen LogP contribution in [0.15, 0.2) is 60.2 Å². The van der Waals surface area contributed by atoms with Crippen LogP contribution in [-0.2, 0) is 9.53 Å². The van der Waals surface area contributed by atoms with E-state index in [0.717, 1.165) is 0 Å². The lowest BCUT2D eigenvalue weighted by Gasteiger charge is -2.05. The van der Waals surface area contributed by atoms with Crippen LogP contribution in [0.1, 0.15) is 22.8 Å². The van der Waals surface area contributed by atoms with Gasteiger partial charge in [-0.1, -0.05) is 30.3 Å². The van der Waals surface area contributed by atoms with Crippen molar-refractivity contribution < 1.29 is 19.1 Å². The average molecular weight is 321 g/mol. The van der Waals surface area contributed by atoms with Crippen molar-refractivity contribution in [2.75, 3.05) is 6.61 Å². The molecule has 0 aliphatic heterocycles. The van der Waals surface area contributed by atoms with Gasteiger partial charge in [0.15, 0.2) is 0 Å². The van der Waals surface area contributed by atoms with E-state index in [4.69, 9.17) is 14.7 Å². The van der Waals surface area contributed by atoms with Crippen LogP contribution in [0.4, 0.5) is 0 Å². The summed E-state index contributed by atoms with van der Waals surface area (Å²) in [5, 5.41) is 9.04. The molecule has 0 saturated carbocycles. The molecule has 0 heterocycles. The minimum atomic E-state index is -0.688. The molecule has 2 rings (SSSR count). The first-order valence-electron chi connectivity index (χ1n) is 7.30. The van der Waals surface area contributed by atoms with Gasteiger partial charge < -0.3 is 9.47 Å². The van der Waals surface area contributed by atoms with Crippen LogP contribution in [0.25, 0.3) is 6.08 Å². The van der Waals surface area contributed by atoms with E-state index in [-0.39, 0.29) is 12.2 Å². The van der Waals surface area contributed by atoms with Crippen molar-refractivity contribution in [3.63, 3.8) is 0 Å². The monoisotopic (exact) mass is 321 g/mol. The van der Waals surface area contributed by atoms with Gasteiger partial charge in [0, 0.05) is 0 Å². The van der Waals surface area contributed by atoms with E-state index in [9.17, 15) is 9.59 Å². The second-order valence-electron chi connectivity index (χ2n) is 4.72. The highest BCUT2D eigenvalue weighted by molar-refractivity contribution is 5.98. The molecule has 0 aliphatic rings. The Morgan fingerprint density at radius 2 is 1.88 bits per heavy atom. The third-order valence-electron chi connectivity index (χ3n) is 3.00. The molecule has 120 valence electrons. The summed E-state index contributed by atoms with van der Waals surface area (Å²) in [6, 6.07) is 16.9. The average Bonchev–Trinajstić information content (AvgIpc) is 2.61. The van der Waals surface area contributed by atoms with Crippen molar-refractivity contribution in [3.05, 3.63) is 71.3 Å². The van der Waals surface area contributed by atoms with Gasteiger partial charge in [-0.3, -0.25) is 0 Å². The molecule has 0 radical (unpaired) electrons. The van der Waals surface area contributed by atoms with Crippen LogP contribution in [0.3, 0.4) is 0 Å². The molecule has 5 heteroatoms. The number of hydrogen-bond acceptors (Lipinski definition) is 5. The molecule has 24 heavy (non-hydrogen) atoms. The van der Waals surface area contributed by atoms with Crippen LogP contribution >= 0.6 is 0 Å². The lowest BCUT2D eigenvalue weighted by molar-refractivity contribution is -0.137. The molecule has 0 fully saturated rings. The molecule has 0 atom stereocenters. The summed E-state index contributed by atoms with van der Waals surface area (Å²) in [5.41, 5.74) is 0.865. The van der Waals surface area contributed by atoms with E-state index in [2.05, 4.69) is 0 Å². The summed E-state index contributed by atoms with van der Waals surface area (Å²) >= 11 is 0. The molecular weight excluding hydrogens is 306 g/mol. The van der Waals surface area contributed by atoms with Gasteiger partial charge in [-0.25, -0.2) is 9.59 Å². The number of benzene rings is 2. The Labute approximate surface area is 139 Å². The molecule has 0 saturated heterocycles. The highest BCUT2D eigenvalue weighted by atomic mass is 16.5. The van der Waals surface area contributed by atoms with Crippen molar-refractivity contribution in [3.8, 4) is 11.8 Å². The van der Waals surface area contributed by atoms with Gasteiger partial charge in [-0.05, 0) is 42.8 Å². The van der Waals surface area contributed by atoms with Gasteiger partial charge in [-0.15, -0.1) is 0 Å². The lowest BCUT2D eigenvalue weighted by atomic mass is 10.1. The molecule has 0 spiro atoms. The number of hydrogen-bond donors (Lipinski definition) is 0. The third kappa shape index (κ3) is 4.55. The van der Waals surface area contributed by atoms with Gasteiger partial charge in [0.2, 0.25) is 0 Å². The number of ether oxygens (including phenoxy) is 2. The van der Waals surface area contributed by atoms with Crippen molar-refractivity contribution in [1.29, 1.82) is 5.26 Å². The van der Waals surface area contributed by atoms with Crippen molar-refractivity contribution in [2.24, 2.45) is 0 Å². The summed E-state index contributed by atoms with van der Waals surface area (Å²) in [6.45, 7) is 1.85. The zero-order valence-corrected chi connectivity index (χ0v) is 13.1. The first-order valence-corrected chi connectivity index (χ1v) is 7.30. The molecule has 0 unspecified atom stereocenters. The minimum Gasteiger partial charge on any atom is -0.462 e. The molecule has 0 bridgehead atoms. The van der Waals surface area contributed by atoms with Crippen molar-refractivity contribution in [1.82, 2.24) is 0 Å². The molecule has 0 aliphatic carbocycles. The maximum Gasteiger partial charge on any atom is 0.348 e. The van der Waals surface area contributed by atoms with Gasteiger partial charge in [0.25, 0.3) is 0 Å². The Hall–Kier alpha value is -3.39. The normalized spacial score (nSPS) is 10.6. The van der Waals surface area contributed by atoms with E-state index >= 15 is 0 Å². The largest absolute Gasteiger partial charge is 0.462 e. The fourth-order valence-electron chi connectivity index (χ4n) is 1.92. The summed E-state index contributed by atoms with van der Waals surface area (Å²) in [6.07, 6.45) is 1.39. The predicted molar refractivity (Wildman–Crippen MR) is 88.1 cm³/mol. The Morgan fingerprint density at radius 3 is 2.54 bits per heavy atom. The lowest BCUT2D eigenvalue weighted by Crippen LogP contribution is -2.08. The SMILES string of the molecule is CCOC(=O)C(C#N)=Cc1cccc(OC(=O)c2ccccc2)c1. The Balaban J connectivity index is 2.18. The number of carbonyl (C=O) groups excluding carboxylic acids is 2. The topological polar surface area (TPSA) is 76.4 Å². The Morgan fingerprint density at radius 1 is 1.12 bits per heavy atom. The third-order valence-corrected chi connectivity index (χ3v) is 3.00. The first-order chi connectivity index (χ1) is 11.6. The second-order valence-corrected chi connectivity index (χ2v) is 4.72. The first kappa shape index (κ1) is 17.0. The molecule has 5 nitrogen and oxygen atoms in total. The number of carbonyl (C=O) groups is 2. The molecule has 0 aromatic heterocycles. The fraction of sp³-hybridized carbons (Fsp3) is 0.105. The van der Waals surface area contributed by atoms with E-state index in [1.807, 2.05) is 0 Å². The van der Waals surface area contributed by atoms with Gasteiger partial charge in [-0.2, -0.15) is 5.26 Å². The second kappa shape index (κ2) is 8.30. The van der Waals surface area contributed by atoms with Crippen LogP contribution in [0.5, 0.6) is 5.75 Å². The van der Waals surface area contributed by atoms with Crippen molar-refractivity contribution >= 4 is 18.0 Å². The molecule has 2 aromatic rings. The zero-order valence-electron chi connectivity index (χ0n) is 13.1. The van der Waals surface area contributed by atoms with E-state index < -0.39 is 11.9 Å². The van der Waals surface area contributed by atoms with Gasteiger partial charge >= 0.3 is 11.9 Å². The number of rotatable bonds is 5. The smallest absolute Gasteiger partial charge is 0.348 e. The summed E-state index contributed by atoms with van der Waals surface area (Å²) in [4.78, 5) is 23.7. The maximum atomic E-state index is 12.0. The quantitative estimate of drug-likeness (QED) is 0.365.